The molecule has 0 atom stereocenters. The molecule has 2 saturated carbocycles. The second-order valence-corrected chi connectivity index (χ2v) is 5.96. The van der Waals surface area contributed by atoms with Crippen LogP contribution in [0.2, 0.25) is 0 Å². The van der Waals surface area contributed by atoms with Crippen LogP contribution in [0.25, 0.3) is 0 Å². The molecule has 0 amide bonds. The largest absolute Gasteiger partial charge is 0.312 e. The van der Waals surface area contributed by atoms with Crippen LogP contribution in [0.15, 0.2) is 24.3 Å². The van der Waals surface area contributed by atoms with E-state index in [2.05, 4.69) is 36.5 Å². The van der Waals surface area contributed by atoms with Crippen LogP contribution in [0, 0.1) is 24.7 Å². The number of hydrogen-bond donors (Lipinski definition) is 1. The lowest BCUT2D eigenvalue weighted by atomic mass is 9.98. The fourth-order valence-electron chi connectivity index (χ4n) is 2.86. The van der Waals surface area contributed by atoms with E-state index in [0.717, 1.165) is 24.3 Å². The summed E-state index contributed by atoms with van der Waals surface area (Å²) in [4.78, 5) is 0. The highest BCUT2D eigenvalue weighted by molar-refractivity contribution is 5.21. The second kappa shape index (κ2) is 4.81. The second-order valence-electron chi connectivity index (χ2n) is 5.96. The molecule has 3 rings (SSSR count). The van der Waals surface area contributed by atoms with Gasteiger partial charge in [-0.05, 0) is 62.5 Å². The van der Waals surface area contributed by atoms with Crippen molar-refractivity contribution in [1.82, 2.24) is 5.32 Å². The van der Waals surface area contributed by atoms with Crippen molar-refractivity contribution in [3.8, 4) is 0 Å². The molecule has 1 nitrogen and oxygen atoms in total. The molecule has 1 aromatic carbocycles. The van der Waals surface area contributed by atoms with E-state index >= 15 is 0 Å². The van der Waals surface area contributed by atoms with Gasteiger partial charge < -0.3 is 5.32 Å². The van der Waals surface area contributed by atoms with Crippen LogP contribution in [0.3, 0.4) is 0 Å². The summed E-state index contributed by atoms with van der Waals surface area (Å²) in [6.45, 7) is 4.42. The van der Waals surface area contributed by atoms with Crippen LogP contribution in [0.4, 0.5) is 0 Å². The Morgan fingerprint density at radius 3 is 2.18 bits per heavy atom. The zero-order valence-corrected chi connectivity index (χ0v) is 10.8. The lowest BCUT2D eigenvalue weighted by Gasteiger charge is -2.16. The molecular formula is C16H23N. The number of hydrogen-bond acceptors (Lipinski definition) is 1. The topological polar surface area (TPSA) is 12.0 Å². The lowest BCUT2D eigenvalue weighted by molar-refractivity contribution is 0.378. The minimum absolute atomic E-state index is 0.987. The summed E-state index contributed by atoms with van der Waals surface area (Å²) in [6.07, 6.45) is 5.97. The first-order chi connectivity index (χ1) is 8.33. The molecule has 2 aliphatic rings. The van der Waals surface area contributed by atoms with Crippen molar-refractivity contribution in [2.24, 2.45) is 17.8 Å². The fourth-order valence-corrected chi connectivity index (χ4v) is 2.86. The van der Waals surface area contributed by atoms with Gasteiger partial charge in [0.2, 0.25) is 0 Å². The smallest absolute Gasteiger partial charge is 0.0205 e. The fraction of sp³-hybridized carbons (Fsp3) is 0.625. The summed E-state index contributed by atoms with van der Waals surface area (Å²) < 4.78 is 0. The van der Waals surface area contributed by atoms with Crippen LogP contribution in [0.5, 0.6) is 0 Å². The first-order valence-electron chi connectivity index (χ1n) is 7.09. The Morgan fingerprint density at radius 2 is 1.65 bits per heavy atom. The SMILES string of the molecule is Cc1ccc(CNCC(C2CC2)C2CC2)cc1. The predicted octanol–water partition coefficient (Wildman–Crippen LogP) is 3.52. The highest BCUT2D eigenvalue weighted by atomic mass is 14.9. The summed E-state index contributed by atoms with van der Waals surface area (Å²) >= 11 is 0. The maximum absolute atomic E-state index is 3.66. The van der Waals surface area contributed by atoms with Gasteiger partial charge in [0.15, 0.2) is 0 Å². The zero-order chi connectivity index (χ0) is 11.7. The normalized spacial score (nSPS) is 19.9. The van der Waals surface area contributed by atoms with Gasteiger partial charge in [0, 0.05) is 6.54 Å². The standard InChI is InChI=1S/C16H23N/c1-12-2-4-13(5-3-12)10-17-11-16(14-6-7-14)15-8-9-15/h2-5,14-17H,6-11H2,1H3. The van der Waals surface area contributed by atoms with Crippen LogP contribution in [-0.2, 0) is 6.54 Å². The minimum atomic E-state index is 0.987. The monoisotopic (exact) mass is 229 g/mol. The van der Waals surface area contributed by atoms with Crippen LogP contribution < -0.4 is 5.32 Å². The van der Waals surface area contributed by atoms with Crippen LogP contribution >= 0.6 is 0 Å². The zero-order valence-electron chi connectivity index (χ0n) is 10.8. The van der Waals surface area contributed by atoms with Gasteiger partial charge in [-0.3, -0.25) is 0 Å². The molecule has 1 N–H and O–H groups in total. The van der Waals surface area contributed by atoms with E-state index in [-0.39, 0.29) is 0 Å². The van der Waals surface area contributed by atoms with Crippen molar-refractivity contribution in [1.29, 1.82) is 0 Å². The molecule has 0 aromatic heterocycles. The van der Waals surface area contributed by atoms with Crippen LogP contribution in [0.1, 0.15) is 36.8 Å². The Labute approximate surface area is 105 Å². The lowest BCUT2D eigenvalue weighted by Crippen LogP contribution is -2.25. The molecule has 17 heavy (non-hydrogen) atoms. The van der Waals surface area contributed by atoms with Gasteiger partial charge in [0.1, 0.15) is 0 Å². The van der Waals surface area contributed by atoms with E-state index in [1.54, 1.807) is 0 Å². The van der Waals surface area contributed by atoms with Crippen molar-refractivity contribution >= 4 is 0 Å². The summed E-state index contributed by atoms with van der Waals surface area (Å²) in [6, 6.07) is 8.89. The van der Waals surface area contributed by atoms with Gasteiger partial charge in [0.25, 0.3) is 0 Å². The van der Waals surface area contributed by atoms with Crippen molar-refractivity contribution < 1.29 is 0 Å². The minimum Gasteiger partial charge on any atom is -0.312 e. The number of benzene rings is 1. The molecule has 0 radical (unpaired) electrons. The molecule has 1 heteroatoms. The third-order valence-corrected chi connectivity index (χ3v) is 4.28. The Kier molecular flexibility index (Phi) is 3.19. The van der Waals surface area contributed by atoms with E-state index in [9.17, 15) is 0 Å². The predicted molar refractivity (Wildman–Crippen MR) is 71.8 cm³/mol. The van der Waals surface area contributed by atoms with Gasteiger partial charge in [-0.1, -0.05) is 29.8 Å². The van der Waals surface area contributed by atoms with Gasteiger partial charge in [0.05, 0.1) is 0 Å². The van der Waals surface area contributed by atoms with E-state index in [1.807, 2.05) is 0 Å². The molecular weight excluding hydrogens is 206 g/mol. The molecule has 92 valence electrons. The molecule has 0 spiro atoms. The van der Waals surface area contributed by atoms with Gasteiger partial charge >= 0.3 is 0 Å². The molecule has 0 bridgehead atoms. The van der Waals surface area contributed by atoms with E-state index in [4.69, 9.17) is 0 Å². The maximum Gasteiger partial charge on any atom is 0.0205 e. The van der Waals surface area contributed by atoms with E-state index < -0.39 is 0 Å². The van der Waals surface area contributed by atoms with Gasteiger partial charge in [-0.25, -0.2) is 0 Å². The molecule has 0 aliphatic heterocycles. The highest BCUT2D eigenvalue weighted by Gasteiger charge is 2.40. The molecule has 1 aromatic rings. The van der Waals surface area contributed by atoms with E-state index in [0.29, 0.717) is 0 Å². The average molecular weight is 229 g/mol. The van der Waals surface area contributed by atoms with Gasteiger partial charge in [-0.2, -0.15) is 0 Å². The molecule has 0 heterocycles. The molecule has 2 aliphatic carbocycles. The van der Waals surface area contributed by atoms with Gasteiger partial charge in [-0.15, -0.1) is 0 Å². The summed E-state index contributed by atoms with van der Waals surface area (Å²) in [5.41, 5.74) is 2.77. The Hall–Kier alpha value is -0.820. The molecule has 0 saturated heterocycles. The third-order valence-electron chi connectivity index (χ3n) is 4.28. The van der Waals surface area contributed by atoms with Crippen molar-refractivity contribution in [3.63, 3.8) is 0 Å². The van der Waals surface area contributed by atoms with Crippen molar-refractivity contribution in [2.45, 2.75) is 39.2 Å². The number of rotatable bonds is 6. The Bertz CT molecular complexity index is 348. The van der Waals surface area contributed by atoms with E-state index in [1.165, 1.54) is 43.4 Å². The van der Waals surface area contributed by atoms with Crippen molar-refractivity contribution in [2.75, 3.05) is 6.54 Å². The summed E-state index contributed by atoms with van der Waals surface area (Å²) in [5, 5.41) is 3.66. The first kappa shape index (κ1) is 11.3. The van der Waals surface area contributed by atoms with Crippen LogP contribution in [-0.4, -0.2) is 6.54 Å². The first-order valence-corrected chi connectivity index (χ1v) is 7.09. The Morgan fingerprint density at radius 1 is 1.06 bits per heavy atom. The number of nitrogens with one attached hydrogen (secondary N) is 1. The Balaban J connectivity index is 1.45. The third kappa shape index (κ3) is 3.10. The molecule has 2 fully saturated rings. The summed E-state index contributed by atoms with van der Waals surface area (Å²) in [7, 11) is 0. The number of aryl methyl sites for hydroxylation is 1. The quantitative estimate of drug-likeness (QED) is 0.787. The van der Waals surface area contributed by atoms with Crippen molar-refractivity contribution in [3.05, 3.63) is 35.4 Å². The molecule has 0 unspecified atom stereocenters. The maximum atomic E-state index is 3.66. The summed E-state index contributed by atoms with van der Waals surface area (Å²) in [5.74, 6) is 3.11. The average Bonchev–Trinajstić information content (AvgIpc) is 3.19. The highest BCUT2D eigenvalue weighted by Crippen LogP contribution is 2.48.